The van der Waals surface area contributed by atoms with Gasteiger partial charge in [-0.2, -0.15) is 10.4 Å². The summed E-state index contributed by atoms with van der Waals surface area (Å²) in [5.41, 5.74) is 3.95. The van der Waals surface area contributed by atoms with E-state index in [9.17, 15) is 20.0 Å². The number of phenolic OH excluding ortho intramolecular Hbond substituents is 1. The summed E-state index contributed by atoms with van der Waals surface area (Å²) < 4.78 is 0. The van der Waals surface area contributed by atoms with Gasteiger partial charge in [0.05, 0.1) is 11.8 Å². The zero-order chi connectivity index (χ0) is 18.5. The molecule has 2 amide bonds. The number of para-hydroxylation sites is 1. The molecule has 1 aromatic carbocycles. The number of carbonyl (C=O) groups excluding carboxylic acids is 2. The number of aromatic hydroxyl groups is 1. The zero-order valence-electron chi connectivity index (χ0n) is 13.8. The summed E-state index contributed by atoms with van der Waals surface area (Å²) in [5.74, 6) is -1.83. The van der Waals surface area contributed by atoms with Crippen molar-refractivity contribution in [3.05, 3.63) is 45.8 Å². The lowest BCUT2D eigenvalue weighted by molar-refractivity contribution is -0.136. The Morgan fingerprint density at radius 2 is 2.00 bits per heavy atom. The molecule has 0 unspecified atom stereocenters. The third kappa shape index (κ3) is 3.73. The standard InChI is InChI=1S/C18H16N4O3S/c19-9-13-12-6-2-4-8-15(12)26-18(13)21-16(24)17(25)22-20-10-11-5-1-3-7-14(11)23/h1,3,5,7,10,23H,2,4,6,8H2,(H,21,24)(H,22,25)/b20-10-. The Morgan fingerprint density at radius 1 is 1.23 bits per heavy atom. The normalized spacial score (nSPS) is 13.0. The van der Waals surface area contributed by atoms with Gasteiger partial charge in [-0.25, -0.2) is 5.43 Å². The summed E-state index contributed by atoms with van der Waals surface area (Å²) in [6.07, 6.45) is 5.04. The van der Waals surface area contributed by atoms with E-state index in [4.69, 9.17) is 0 Å². The molecule has 0 saturated heterocycles. The number of thiophene rings is 1. The van der Waals surface area contributed by atoms with Gasteiger partial charge in [0.25, 0.3) is 0 Å². The second-order valence-electron chi connectivity index (χ2n) is 5.74. The summed E-state index contributed by atoms with van der Waals surface area (Å²) >= 11 is 1.35. The lowest BCUT2D eigenvalue weighted by atomic mass is 9.96. The maximum Gasteiger partial charge on any atom is 0.329 e. The monoisotopic (exact) mass is 368 g/mol. The van der Waals surface area contributed by atoms with Gasteiger partial charge < -0.3 is 10.4 Å². The Hall–Kier alpha value is -3.18. The van der Waals surface area contributed by atoms with Gasteiger partial charge in [-0.15, -0.1) is 11.3 Å². The van der Waals surface area contributed by atoms with E-state index in [1.165, 1.54) is 23.6 Å². The molecule has 0 bridgehead atoms. The second-order valence-corrected chi connectivity index (χ2v) is 6.84. The highest BCUT2D eigenvalue weighted by Crippen LogP contribution is 2.37. The molecule has 0 fully saturated rings. The van der Waals surface area contributed by atoms with E-state index in [0.29, 0.717) is 16.1 Å². The molecule has 0 atom stereocenters. The minimum absolute atomic E-state index is 0.0118. The Labute approximate surface area is 154 Å². The maximum absolute atomic E-state index is 12.1. The van der Waals surface area contributed by atoms with Crippen LogP contribution in [0, 0.1) is 11.3 Å². The van der Waals surface area contributed by atoms with Crippen LogP contribution in [0.1, 0.15) is 34.4 Å². The predicted molar refractivity (Wildman–Crippen MR) is 98.1 cm³/mol. The van der Waals surface area contributed by atoms with Crippen molar-refractivity contribution >= 4 is 34.4 Å². The molecule has 1 aliphatic carbocycles. The van der Waals surface area contributed by atoms with Crippen molar-refractivity contribution in [3.8, 4) is 11.8 Å². The summed E-state index contributed by atoms with van der Waals surface area (Å²) in [6, 6.07) is 8.59. The Bertz CT molecular complexity index is 927. The van der Waals surface area contributed by atoms with Crippen molar-refractivity contribution < 1.29 is 14.7 Å². The van der Waals surface area contributed by atoms with Crippen LogP contribution in [0.4, 0.5) is 5.00 Å². The van der Waals surface area contributed by atoms with Gasteiger partial charge in [0.1, 0.15) is 16.8 Å². The number of nitrogens with zero attached hydrogens (tertiary/aromatic N) is 2. The fourth-order valence-corrected chi connectivity index (χ4v) is 3.97. The number of amides is 2. The quantitative estimate of drug-likeness (QED) is 0.438. The first-order valence-electron chi connectivity index (χ1n) is 8.07. The highest BCUT2D eigenvalue weighted by molar-refractivity contribution is 7.16. The van der Waals surface area contributed by atoms with Crippen molar-refractivity contribution in [1.82, 2.24) is 5.43 Å². The number of anilines is 1. The molecule has 1 heterocycles. The van der Waals surface area contributed by atoms with Gasteiger partial charge in [-0.05, 0) is 43.4 Å². The van der Waals surface area contributed by atoms with E-state index >= 15 is 0 Å². The molecule has 8 heteroatoms. The second kappa shape index (κ2) is 7.80. The first-order chi connectivity index (χ1) is 12.6. The Morgan fingerprint density at radius 3 is 2.77 bits per heavy atom. The van der Waals surface area contributed by atoms with Crippen molar-refractivity contribution in [2.75, 3.05) is 5.32 Å². The zero-order valence-corrected chi connectivity index (χ0v) is 14.6. The number of fused-ring (bicyclic) bond motifs is 1. The van der Waals surface area contributed by atoms with Crippen LogP contribution < -0.4 is 10.7 Å². The van der Waals surface area contributed by atoms with E-state index in [1.54, 1.807) is 18.2 Å². The third-order valence-electron chi connectivity index (χ3n) is 4.02. The number of aryl methyl sites for hydroxylation is 1. The van der Waals surface area contributed by atoms with Gasteiger partial charge >= 0.3 is 11.8 Å². The lowest BCUT2D eigenvalue weighted by Crippen LogP contribution is -2.32. The third-order valence-corrected chi connectivity index (χ3v) is 5.23. The molecule has 26 heavy (non-hydrogen) atoms. The number of nitriles is 1. The van der Waals surface area contributed by atoms with Crippen LogP contribution in [0.3, 0.4) is 0 Å². The molecule has 0 saturated carbocycles. The molecule has 1 aromatic heterocycles. The van der Waals surface area contributed by atoms with Crippen molar-refractivity contribution in [2.24, 2.45) is 5.10 Å². The lowest BCUT2D eigenvalue weighted by Gasteiger charge is -2.09. The number of hydrazone groups is 1. The molecule has 0 spiro atoms. The van der Waals surface area contributed by atoms with E-state index in [2.05, 4.69) is 21.9 Å². The van der Waals surface area contributed by atoms with Gasteiger partial charge in [0.2, 0.25) is 0 Å². The Kier molecular flexibility index (Phi) is 5.29. The molecule has 1 aliphatic rings. The first kappa shape index (κ1) is 17.6. The topological polar surface area (TPSA) is 115 Å². The molecular formula is C18H16N4O3S. The number of phenols is 1. The molecule has 0 aliphatic heterocycles. The summed E-state index contributed by atoms with van der Waals surface area (Å²) in [7, 11) is 0. The molecule has 132 valence electrons. The van der Waals surface area contributed by atoms with Crippen LogP contribution in [0.15, 0.2) is 29.4 Å². The maximum atomic E-state index is 12.1. The van der Waals surface area contributed by atoms with E-state index in [0.717, 1.165) is 36.1 Å². The van der Waals surface area contributed by atoms with Crippen molar-refractivity contribution in [3.63, 3.8) is 0 Å². The van der Waals surface area contributed by atoms with Crippen LogP contribution in [0.2, 0.25) is 0 Å². The molecule has 3 N–H and O–H groups in total. The van der Waals surface area contributed by atoms with Crippen LogP contribution in [-0.4, -0.2) is 23.1 Å². The highest BCUT2D eigenvalue weighted by atomic mass is 32.1. The largest absolute Gasteiger partial charge is 0.507 e. The highest BCUT2D eigenvalue weighted by Gasteiger charge is 2.23. The molecule has 7 nitrogen and oxygen atoms in total. The van der Waals surface area contributed by atoms with Gasteiger partial charge in [0.15, 0.2) is 0 Å². The first-order valence-corrected chi connectivity index (χ1v) is 8.89. The SMILES string of the molecule is N#Cc1c(NC(=O)C(=O)N/N=C\c2ccccc2O)sc2c1CCCC2. The van der Waals surface area contributed by atoms with Crippen molar-refractivity contribution in [2.45, 2.75) is 25.7 Å². The fraction of sp³-hybridized carbons (Fsp3) is 0.222. The number of carbonyl (C=O) groups is 2. The van der Waals surface area contributed by atoms with Crippen LogP contribution in [-0.2, 0) is 22.4 Å². The summed E-state index contributed by atoms with van der Waals surface area (Å²) in [5, 5.41) is 25.5. The van der Waals surface area contributed by atoms with Gasteiger partial charge in [-0.3, -0.25) is 9.59 Å². The molecule has 3 rings (SSSR count). The van der Waals surface area contributed by atoms with Gasteiger partial charge in [-0.1, -0.05) is 12.1 Å². The smallest absolute Gasteiger partial charge is 0.329 e. The number of nitrogens with one attached hydrogen (secondary N) is 2. The average Bonchev–Trinajstić information content (AvgIpc) is 3.00. The number of hydrogen-bond donors (Lipinski definition) is 3. The average molecular weight is 368 g/mol. The number of benzene rings is 1. The number of rotatable bonds is 3. The molecule has 2 aromatic rings. The minimum atomic E-state index is -0.952. The Balaban J connectivity index is 1.65. The van der Waals surface area contributed by atoms with E-state index in [-0.39, 0.29) is 5.75 Å². The summed E-state index contributed by atoms with van der Waals surface area (Å²) in [6.45, 7) is 0. The minimum Gasteiger partial charge on any atom is -0.507 e. The van der Waals surface area contributed by atoms with E-state index in [1.807, 2.05) is 0 Å². The van der Waals surface area contributed by atoms with Crippen LogP contribution in [0.5, 0.6) is 5.75 Å². The van der Waals surface area contributed by atoms with Crippen LogP contribution >= 0.6 is 11.3 Å². The van der Waals surface area contributed by atoms with Crippen LogP contribution in [0.25, 0.3) is 0 Å². The number of hydrogen-bond acceptors (Lipinski definition) is 6. The molecular weight excluding hydrogens is 352 g/mol. The summed E-state index contributed by atoms with van der Waals surface area (Å²) in [4.78, 5) is 25.0. The predicted octanol–water partition coefficient (Wildman–Crippen LogP) is 2.29. The van der Waals surface area contributed by atoms with E-state index < -0.39 is 11.8 Å². The van der Waals surface area contributed by atoms with Gasteiger partial charge in [0, 0.05) is 10.4 Å². The molecule has 0 radical (unpaired) electrons. The van der Waals surface area contributed by atoms with Crippen molar-refractivity contribution in [1.29, 1.82) is 5.26 Å². The fourth-order valence-electron chi connectivity index (χ4n) is 2.74.